The zero-order valence-electron chi connectivity index (χ0n) is 20.8. The van der Waals surface area contributed by atoms with E-state index in [2.05, 4.69) is 10.4 Å². The number of nitrogens with one attached hydrogen (secondary N) is 1. The monoisotopic (exact) mass is 482 g/mol. The average molecular weight is 481 g/mol. The summed E-state index contributed by atoms with van der Waals surface area (Å²) in [6.45, 7) is 1.38. The number of benzene rings is 1. The molecule has 4 rings (SSSR count). The quantitative estimate of drug-likeness (QED) is 0.309. The van der Waals surface area contributed by atoms with Crippen molar-refractivity contribution in [1.29, 1.82) is 0 Å². The molecule has 2 amide bonds. The minimum atomic E-state index is -1.32. The van der Waals surface area contributed by atoms with E-state index in [1.54, 1.807) is 24.3 Å². The minimum absolute atomic E-state index is 0.0590. The number of para-hydroxylation sites is 1. The molecule has 2 fully saturated rings. The lowest BCUT2D eigenvalue weighted by atomic mass is 8.57. The number of likely N-dealkylation sites (tertiary alicyclic amines) is 1. The molecule has 7 nitrogen and oxygen atoms in total. The van der Waals surface area contributed by atoms with Gasteiger partial charge < -0.3 is 10.2 Å². The lowest BCUT2D eigenvalue weighted by Gasteiger charge is -2.26. The molecule has 2 aliphatic heterocycles. The van der Waals surface area contributed by atoms with Crippen molar-refractivity contribution in [2.24, 2.45) is 0 Å². The highest BCUT2D eigenvalue weighted by Gasteiger charge is 2.50. The van der Waals surface area contributed by atoms with Crippen molar-refractivity contribution in [2.45, 2.75) is 44.2 Å². The third-order valence-electron chi connectivity index (χ3n) is 7.49. The highest BCUT2D eigenvalue weighted by Crippen LogP contribution is 2.39. The Kier molecular flexibility index (Phi) is 8.54. The Balaban J connectivity index is 1.39. The van der Waals surface area contributed by atoms with E-state index in [0.29, 0.717) is 17.4 Å². The van der Waals surface area contributed by atoms with Gasteiger partial charge in [0.05, 0.1) is 18.7 Å². The molecular weight excluding hydrogens is 459 g/mol. The van der Waals surface area contributed by atoms with Gasteiger partial charge in [-0.1, -0.05) is 30.3 Å². The number of nitrogens with zero attached hydrogens (tertiary/aromatic N) is 3. The average Bonchev–Trinajstić information content (AvgIpc) is 3.32. The van der Waals surface area contributed by atoms with Gasteiger partial charge >= 0.3 is 0 Å². The number of halogens is 1. The van der Waals surface area contributed by atoms with Crippen molar-refractivity contribution in [1.82, 2.24) is 20.0 Å². The van der Waals surface area contributed by atoms with E-state index < -0.39 is 43.2 Å². The standard InChI is InChI=1S/C19H21B10FN4O3/c1-11(35)18-14-4-2-3-5-15(14)34(32-18)10-17(36)33-9-13(30)6-16(33)19(37)31-8-12-7-25(12)29(27(22)23)28(24)26(20)21/h2-5,12-13,16H,6-10H2,1H3,(H,31,37)/t12?,13-,16+/m1/s1. The number of rotatable bonds is 10. The smallest absolute Gasteiger partial charge is 0.245 e. The first kappa shape index (κ1) is 27.9. The number of aromatic nitrogens is 2. The Morgan fingerprint density at radius 2 is 1.86 bits per heavy atom. The number of ketones is 1. The van der Waals surface area contributed by atoms with Gasteiger partial charge in [0.1, 0.15) is 24.5 Å². The summed E-state index contributed by atoms with van der Waals surface area (Å²) in [7, 11) is 29.4. The third kappa shape index (κ3) is 5.98. The van der Waals surface area contributed by atoms with Gasteiger partial charge in [-0.25, -0.2) is 4.39 Å². The summed E-state index contributed by atoms with van der Waals surface area (Å²) in [6, 6.07) is 6.12. The van der Waals surface area contributed by atoms with Crippen molar-refractivity contribution in [3.05, 3.63) is 30.0 Å². The second-order valence-electron chi connectivity index (χ2n) is 10.2. The molecule has 0 spiro atoms. The summed E-state index contributed by atoms with van der Waals surface area (Å²) in [5, 5.41) is 7.78. The molecule has 3 atom stereocenters. The Hall–Kier alpha value is -2.12. The van der Waals surface area contributed by atoms with Gasteiger partial charge in [0, 0.05) is 89.5 Å². The second kappa shape index (κ2) is 11.3. The number of amides is 2. The molecular formula is C19H21B10FN4O3. The van der Waals surface area contributed by atoms with Crippen LogP contribution in [-0.4, -0.2) is 128 Å². The van der Waals surface area contributed by atoms with Crippen molar-refractivity contribution in [2.75, 3.05) is 13.1 Å². The van der Waals surface area contributed by atoms with Crippen LogP contribution >= 0.6 is 0 Å². The molecule has 1 N–H and O–H groups in total. The van der Waals surface area contributed by atoms with Crippen LogP contribution in [0.2, 0.25) is 12.1 Å². The molecule has 1 aromatic carbocycles. The summed E-state index contributed by atoms with van der Waals surface area (Å²) in [5.74, 6) is -1.02. The molecule has 18 heteroatoms. The van der Waals surface area contributed by atoms with E-state index in [1.807, 2.05) is 0 Å². The number of hydrogen-bond acceptors (Lipinski definition) is 4. The van der Waals surface area contributed by atoms with Crippen molar-refractivity contribution in [3.8, 4) is 0 Å². The minimum Gasteiger partial charge on any atom is -0.355 e. The lowest BCUT2D eigenvalue weighted by Crippen LogP contribution is -2.63. The van der Waals surface area contributed by atoms with Gasteiger partial charge in [-0.3, -0.25) is 19.1 Å². The molecule has 0 bridgehead atoms. The highest BCUT2D eigenvalue weighted by atomic mass is 19.1. The first-order valence-electron chi connectivity index (χ1n) is 12.4. The van der Waals surface area contributed by atoms with Gasteiger partial charge in [-0.2, -0.15) is 5.10 Å². The molecule has 0 aliphatic carbocycles. The number of fused-ring (bicyclic) bond motifs is 1. The predicted octanol–water partition coefficient (Wildman–Crippen LogP) is -2.21. The van der Waals surface area contributed by atoms with Gasteiger partial charge in [-0.05, 0) is 6.07 Å². The first-order chi connectivity index (χ1) is 17.5. The number of carbonyl (C=O) groups is 3. The van der Waals surface area contributed by atoms with Crippen LogP contribution in [0.25, 0.3) is 10.9 Å². The van der Waals surface area contributed by atoms with E-state index in [1.165, 1.54) is 16.5 Å². The second-order valence-corrected chi connectivity index (χ2v) is 10.2. The van der Waals surface area contributed by atoms with Crippen LogP contribution < -0.4 is 5.32 Å². The fourth-order valence-electron chi connectivity index (χ4n) is 5.45. The predicted molar refractivity (Wildman–Crippen MR) is 154 cm³/mol. The number of carbonyl (C=O) groups excluding carboxylic acids is 3. The summed E-state index contributed by atoms with van der Waals surface area (Å²) >= 11 is 0. The first-order valence-corrected chi connectivity index (χ1v) is 12.4. The van der Waals surface area contributed by atoms with E-state index >= 15 is 0 Å². The van der Waals surface area contributed by atoms with Crippen LogP contribution in [0.3, 0.4) is 0 Å². The SMILES string of the molecule is [B]B([B])B([B])B(B([B])[B])B1CC1CNC(=O)[C@@H]1C[C@@H](F)CN1C(=O)Cn1nc(C(C)=O)c2ccccc21. The number of Topliss-reactive ketones (excluding diaryl/α,β-unsaturated/α-hetero) is 1. The van der Waals surface area contributed by atoms with Gasteiger partial charge in [0.15, 0.2) is 5.78 Å². The normalized spacial score (nSPS) is 20.5. The topological polar surface area (TPSA) is 84.3 Å². The fraction of sp³-hybridized carbons (Fsp3) is 0.474. The summed E-state index contributed by atoms with van der Waals surface area (Å²) in [6.07, 6.45) is -3.01. The van der Waals surface area contributed by atoms with Crippen molar-refractivity contribution >= 4 is 99.3 Å². The number of alkyl halides is 1. The van der Waals surface area contributed by atoms with E-state index in [9.17, 15) is 18.8 Å². The molecule has 0 saturated carbocycles. The maximum Gasteiger partial charge on any atom is 0.245 e. The van der Waals surface area contributed by atoms with E-state index in [0.717, 1.165) is 6.32 Å². The van der Waals surface area contributed by atoms with Crippen LogP contribution in [0.5, 0.6) is 0 Å². The fourth-order valence-corrected chi connectivity index (χ4v) is 5.45. The summed E-state index contributed by atoms with van der Waals surface area (Å²) in [4.78, 5) is 39.4. The van der Waals surface area contributed by atoms with Crippen molar-refractivity contribution in [3.63, 3.8) is 0 Å². The van der Waals surface area contributed by atoms with Crippen LogP contribution in [0.15, 0.2) is 24.3 Å². The van der Waals surface area contributed by atoms with E-state index in [4.69, 9.17) is 38.7 Å². The van der Waals surface area contributed by atoms with Crippen molar-refractivity contribution < 1.29 is 18.8 Å². The van der Waals surface area contributed by atoms with E-state index in [-0.39, 0.29) is 49.8 Å². The molecule has 2 saturated heterocycles. The van der Waals surface area contributed by atoms with Crippen LogP contribution in [0, 0.1) is 0 Å². The van der Waals surface area contributed by atoms with Crippen LogP contribution in [0.4, 0.5) is 4.39 Å². The zero-order valence-corrected chi connectivity index (χ0v) is 20.8. The summed E-state index contributed by atoms with van der Waals surface area (Å²) < 4.78 is 15.8. The Labute approximate surface area is 225 Å². The van der Waals surface area contributed by atoms with Gasteiger partial charge in [0.25, 0.3) is 0 Å². The lowest BCUT2D eigenvalue weighted by molar-refractivity contribution is -0.139. The molecule has 1 aromatic heterocycles. The largest absolute Gasteiger partial charge is 0.355 e. The zero-order chi connectivity index (χ0) is 27.0. The molecule has 172 valence electrons. The van der Waals surface area contributed by atoms with Crippen LogP contribution in [-0.2, 0) is 16.1 Å². The molecule has 10 radical (unpaired) electrons. The molecule has 2 aliphatic rings. The van der Waals surface area contributed by atoms with Gasteiger partial charge in [-0.15, -0.1) is 0 Å². The Morgan fingerprint density at radius 1 is 1.16 bits per heavy atom. The van der Waals surface area contributed by atoms with Crippen LogP contribution in [0.1, 0.15) is 23.8 Å². The Bertz CT molecular complexity index is 1190. The molecule has 1 unspecified atom stereocenters. The molecule has 37 heavy (non-hydrogen) atoms. The summed E-state index contributed by atoms with van der Waals surface area (Å²) in [5.41, 5.74) is 0.869. The number of hydrogen-bond donors (Lipinski definition) is 1. The Morgan fingerprint density at radius 3 is 2.51 bits per heavy atom. The maximum atomic E-state index is 14.4. The highest BCUT2D eigenvalue weighted by molar-refractivity contribution is 8.01. The van der Waals surface area contributed by atoms with Gasteiger partial charge in [0.2, 0.25) is 11.8 Å². The molecule has 2 aromatic rings. The maximum absolute atomic E-state index is 14.4. The molecule has 3 heterocycles. The third-order valence-corrected chi connectivity index (χ3v) is 7.49.